The maximum Gasteiger partial charge on any atom is 0.301 e. The number of aromatic nitrogens is 4. The number of benzene rings is 4. The van der Waals surface area contributed by atoms with Crippen LogP contribution < -0.4 is 19.5 Å². The van der Waals surface area contributed by atoms with E-state index in [2.05, 4.69) is 55.1 Å². The molecule has 0 saturated carbocycles. The minimum Gasteiger partial charge on any atom is -0.497 e. The summed E-state index contributed by atoms with van der Waals surface area (Å²) < 4.78 is 39.9. The van der Waals surface area contributed by atoms with Crippen LogP contribution in [0.25, 0.3) is 11.2 Å². The van der Waals surface area contributed by atoms with Crippen molar-refractivity contribution in [3.63, 3.8) is 0 Å². The van der Waals surface area contributed by atoms with Gasteiger partial charge in [0.05, 0.1) is 20.8 Å². The molecule has 3 heterocycles. The van der Waals surface area contributed by atoms with Crippen molar-refractivity contribution in [2.75, 3.05) is 32.8 Å². The standard InChI is InChI=1S/C47H51N5O8Si/c1-9-28-57-45-50-38-41(51-43(54)31-16-12-10-13-17-31)48-30-49-42(38)52(45)44-40(60-61(7,8)46(2,3)4)39(53)37(59-44)29-58-47(32-18-14-11-15-19-32,33-20-24-35(55-5)25-21-33)34-22-26-36(56-6)27-23-34/h1,10-27,30,37,39-40,44,53H,28-29H2,2-8H3,(H,48,49,51,54)/t37-,39-,40-,44-/m1/s1. The number of nitrogens with one attached hydrogen (secondary N) is 1. The second kappa shape index (κ2) is 17.9. The van der Waals surface area contributed by atoms with Gasteiger partial charge in [-0.15, -0.1) is 6.42 Å². The number of nitrogens with zero attached hydrogens (tertiary/aromatic N) is 4. The SMILES string of the molecule is C#CCOc1nc2c(NC(=O)c3ccccc3)ncnc2n1[C@@H]1O[C@H](COC(c2ccccc2)(c2ccc(OC)cc2)c2ccc(OC)cc2)[C@@H](O)[C@H]1O[Si](C)(C)C(C)(C)C. The topological polar surface area (TPSA) is 148 Å². The molecular weight excluding hydrogens is 791 g/mol. The van der Waals surface area contributed by atoms with E-state index in [0.29, 0.717) is 17.1 Å². The van der Waals surface area contributed by atoms with Crippen molar-refractivity contribution in [1.82, 2.24) is 19.5 Å². The summed E-state index contributed by atoms with van der Waals surface area (Å²) in [5, 5.41) is 15.1. The van der Waals surface area contributed by atoms with Crippen molar-refractivity contribution in [3.05, 3.63) is 138 Å². The first-order chi connectivity index (χ1) is 29.3. The van der Waals surface area contributed by atoms with Gasteiger partial charge in [-0.05, 0) is 71.2 Å². The maximum absolute atomic E-state index is 13.3. The quantitative estimate of drug-likeness (QED) is 0.0594. The molecular formula is C47H51N5O8Si. The lowest BCUT2D eigenvalue weighted by Crippen LogP contribution is -2.49. The number of rotatable bonds is 15. The minimum atomic E-state index is -2.61. The molecule has 6 aromatic rings. The first kappa shape index (κ1) is 43.0. The lowest BCUT2D eigenvalue weighted by Gasteiger charge is -2.40. The van der Waals surface area contributed by atoms with Gasteiger partial charge in [0.1, 0.15) is 41.7 Å². The van der Waals surface area contributed by atoms with Gasteiger partial charge in [-0.3, -0.25) is 4.79 Å². The number of aliphatic hydroxyl groups is 1. The van der Waals surface area contributed by atoms with Crippen molar-refractivity contribution >= 4 is 31.2 Å². The predicted molar refractivity (Wildman–Crippen MR) is 234 cm³/mol. The lowest BCUT2D eigenvalue weighted by atomic mass is 9.80. The third-order valence-electron chi connectivity index (χ3n) is 11.4. The van der Waals surface area contributed by atoms with Gasteiger partial charge in [0.2, 0.25) is 0 Å². The summed E-state index contributed by atoms with van der Waals surface area (Å²) in [5.74, 6) is 3.63. The Morgan fingerprint density at radius 1 is 0.869 bits per heavy atom. The number of aliphatic hydroxyl groups excluding tert-OH is 1. The summed E-state index contributed by atoms with van der Waals surface area (Å²) in [6.07, 6.45) is 2.84. The summed E-state index contributed by atoms with van der Waals surface area (Å²) in [4.78, 5) is 27.1. The van der Waals surface area contributed by atoms with Crippen LogP contribution in [-0.4, -0.2) is 84.6 Å². The van der Waals surface area contributed by atoms with Crippen LogP contribution in [0.2, 0.25) is 18.1 Å². The van der Waals surface area contributed by atoms with E-state index in [9.17, 15) is 9.90 Å². The van der Waals surface area contributed by atoms with E-state index in [1.54, 1.807) is 43.1 Å². The summed E-state index contributed by atoms with van der Waals surface area (Å²) >= 11 is 0. The largest absolute Gasteiger partial charge is 0.497 e. The summed E-state index contributed by atoms with van der Waals surface area (Å²) in [6, 6.07) is 34.1. The molecule has 13 nitrogen and oxygen atoms in total. The Balaban J connectivity index is 1.33. The van der Waals surface area contributed by atoms with Crippen LogP contribution in [-0.2, 0) is 19.5 Å². The van der Waals surface area contributed by atoms with Crippen LogP contribution in [0.5, 0.6) is 17.5 Å². The molecule has 0 aliphatic carbocycles. The van der Waals surface area contributed by atoms with Gasteiger partial charge in [0.25, 0.3) is 5.91 Å². The van der Waals surface area contributed by atoms with E-state index in [-0.39, 0.29) is 47.2 Å². The molecule has 7 rings (SSSR count). The van der Waals surface area contributed by atoms with Crippen molar-refractivity contribution < 1.29 is 38.0 Å². The predicted octanol–water partition coefficient (Wildman–Crippen LogP) is 7.77. The van der Waals surface area contributed by atoms with Crippen molar-refractivity contribution in [3.8, 4) is 29.9 Å². The van der Waals surface area contributed by atoms with Gasteiger partial charge in [-0.25, -0.2) is 14.5 Å². The molecule has 1 saturated heterocycles. The number of ether oxygens (including phenoxy) is 5. The zero-order valence-electron chi connectivity index (χ0n) is 35.4. The molecule has 1 aliphatic heterocycles. The number of hydrogen-bond donors (Lipinski definition) is 2. The van der Waals surface area contributed by atoms with E-state index in [0.717, 1.165) is 16.7 Å². The highest BCUT2D eigenvalue weighted by Gasteiger charge is 2.52. The van der Waals surface area contributed by atoms with Gasteiger partial charge in [-0.1, -0.05) is 99.5 Å². The molecule has 1 amide bonds. The summed E-state index contributed by atoms with van der Waals surface area (Å²) in [5.41, 5.74) is 2.20. The minimum absolute atomic E-state index is 0.0429. The Hall–Kier alpha value is -6.08. The number of terminal acetylenes is 1. The molecule has 4 aromatic carbocycles. The monoisotopic (exact) mass is 841 g/mol. The van der Waals surface area contributed by atoms with E-state index in [1.807, 2.05) is 84.9 Å². The zero-order chi connectivity index (χ0) is 43.4. The average Bonchev–Trinajstić information content (AvgIpc) is 3.79. The van der Waals surface area contributed by atoms with Crippen LogP contribution >= 0.6 is 0 Å². The number of imidazole rings is 1. The summed E-state index contributed by atoms with van der Waals surface area (Å²) in [6.45, 7) is 10.3. The van der Waals surface area contributed by atoms with E-state index < -0.39 is 38.5 Å². The Morgan fingerprint density at radius 2 is 1.44 bits per heavy atom. The van der Waals surface area contributed by atoms with Gasteiger partial charge in [0.15, 0.2) is 38.1 Å². The lowest BCUT2D eigenvalue weighted by molar-refractivity contribution is -0.0951. The molecule has 0 bridgehead atoms. The third-order valence-corrected chi connectivity index (χ3v) is 15.9. The summed E-state index contributed by atoms with van der Waals surface area (Å²) in [7, 11) is 0.631. The van der Waals surface area contributed by atoms with Gasteiger partial charge < -0.3 is 38.5 Å². The smallest absolute Gasteiger partial charge is 0.301 e. The first-order valence-corrected chi connectivity index (χ1v) is 22.9. The Labute approximate surface area is 357 Å². The van der Waals surface area contributed by atoms with Crippen molar-refractivity contribution in [2.45, 2.75) is 69.0 Å². The fraction of sp³-hybridized carbons (Fsp3) is 0.319. The molecule has 1 fully saturated rings. The molecule has 0 spiro atoms. The highest BCUT2D eigenvalue weighted by atomic mass is 28.4. The number of carbonyl (C=O) groups is 1. The Morgan fingerprint density at radius 3 is 2.00 bits per heavy atom. The number of fused-ring (bicyclic) bond motifs is 1. The van der Waals surface area contributed by atoms with Crippen molar-refractivity contribution in [1.29, 1.82) is 0 Å². The van der Waals surface area contributed by atoms with Gasteiger partial charge >= 0.3 is 6.01 Å². The number of anilines is 1. The van der Waals surface area contributed by atoms with E-state index >= 15 is 0 Å². The highest BCUT2D eigenvalue weighted by Crippen LogP contribution is 2.46. The Bertz CT molecular complexity index is 2420. The van der Waals surface area contributed by atoms with Crippen LogP contribution in [0.15, 0.2) is 116 Å². The Kier molecular flexibility index (Phi) is 12.6. The number of methoxy groups -OCH3 is 2. The van der Waals surface area contributed by atoms with Crippen LogP contribution in [0.4, 0.5) is 5.82 Å². The molecule has 316 valence electrons. The van der Waals surface area contributed by atoms with Gasteiger partial charge in [-0.2, -0.15) is 4.98 Å². The van der Waals surface area contributed by atoms with Gasteiger partial charge in [0, 0.05) is 5.56 Å². The van der Waals surface area contributed by atoms with Crippen LogP contribution in [0, 0.1) is 12.3 Å². The third kappa shape index (κ3) is 8.61. The fourth-order valence-electron chi connectivity index (χ4n) is 7.18. The molecule has 4 atom stereocenters. The van der Waals surface area contributed by atoms with E-state index in [1.165, 1.54) is 6.33 Å². The second-order valence-electron chi connectivity index (χ2n) is 16.2. The molecule has 61 heavy (non-hydrogen) atoms. The maximum atomic E-state index is 13.3. The molecule has 1 aliphatic rings. The second-order valence-corrected chi connectivity index (χ2v) is 20.9. The first-order valence-electron chi connectivity index (χ1n) is 20.0. The molecule has 2 aromatic heterocycles. The molecule has 2 N–H and O–H groups in total. The van der Waals surface area contributed by atoms with Crippen molar-refractivity contribution in [2.24, 2.45) is 0 Å². The fourth-order valence-corrected chi connectivity index (χ4v) is 8.47. The zero-order valence-corrected chi connectivity index (χ0v) is 36.4. The normalized spacial score (nSPS) is 18.1. The van der Waals surface area contributed by atoms with Crippen LogP contribution in [0.3, 0.4) is 0 Å². The molecule has 0 unspecified atom stereocenters. The molecule has 14 heteroatoms. The molecule has 0 radical (unpaired) electrons. The number of carbonyl (C=O) groups excluding carboxylic acids is 1. The van der Waals surface area contributed by atoms with Crippen LogP contribution in [0.1, 0.15) is 54.0 Å². The highest BCUT2D eigenvalue weighted by molar-refractivity contribution is 6.74. The number of amides is 1. The van der Waals surface area contributed by atoms with E-state index in [4.69, 9.17) is 39.5 Å². The average molecular weight is 842 g/mol. The number of hydrogen-bond acceptors (Lipinski definition) is 11.